The van der Waals surface area contributed by atoms with Crippen molar-refractivity contribution in [2.24, 2.45) is 11.8 Å². The highest BCUT2D eigenvalue weighted by molar-refractivity contribution is 5.94. The summed E-state index contributed by atoms with van der Waals surface area (Å²) < 4.78 is 0. The maximum absolute atomic E-state index is 11.7. The zero-order valence-corrected chi connectivity index (χ0v) is 10.7. The molecule has 2 amide bonds. The lowest BCUT2D eigenvalue weighted by atomic mass is 10.1. The van der Waals surface area contributed by atoms with E-state index in [0.29, 0.717) is 12.3 Å². The van der Waals surface area contributed by atoms with Gasteiger partial charge in [-0.05, 0) is 30.0 Å². The third-order valence-corrected chi connectivity index (χ3v) is 3.31. The molecule has 4 nitrogen and oxygen atoms in total. The number of rotatable bonds is 4. The number of hydrogen-bond acceptors (Lipinski definition) is 2. The summed E-state index contributed by atoms with van der Waals surface area (Å²) in [6.45, 7) is 2.08. The zero-order valence-electron chi connectivity index (χ0n) is 10.7. The Bertz CT molecular complexity index is 453. The first-order valence-corrected chi connectivity index (χ1v) is 6.20. The normalized spacial score (nSPS) is 21.2. The fourth-order valence-electron chi connectivity index (χ4n) is 1.90. The molecule has 1 aromatic rings. The number of carbonyl (C=O) groups is 2. The molecular formula is C14H18N2O2. The second-order valence-electron chi connectivity index (χ2n) is 4.86. The van der Waals surface area contributed by atoms with E-state index < -0.39 is 0 Å². The average Bonchev–Trinajstić information content (AvgIpc) is 3.09. The number of benzene rings is 1. The summed E-state index contributed by atoms with van der Waals surface area (Å²) in [4.78, 5) is 22.9. The van der Waals surface area contributed by atoms with Crippen LogP contribution in [0.5, 0.6) is 0 Å². The van der Waals surface area contributed by atoms with E-state index in [9.17, 15) is 9.59 Å². The molecule has 0 saturated heterocycles. The van der Waals surface area contributed by atoms with Gasteiger partial charge in [0, 0.05) is 18.7 Å². The molecule has 96 valence electrons. The van der Waals surface area contributed by atoms with Crippen molar-refractivity contribution in [2.75, 3.05) is 12.4 Å². The molecule has 1 saturated carbocycles. The van der Waals surface area contributed by atoms with Crippen molar-refractivity contribution in [2.45, 2.75) is 19.8 Å². The highest BCUT2D eigenvalue weighted by Crippen LogP contribution is 2.38. The molecular weight excluding hydrogens is 228 g/mol. The molecule has 0 aliphatic heterocycles. The maximum Gasteiger partial charge on any atom is 0.227 e. The Kier molecular flexibility index (Phi) is 3.65. The fraction of sp³-hybridized carbons (Fsp3) is 0.429. The SMILES string of the molecule is CNC(=O)Cc1ccc(NC(=O)[C@@H]2C[C@H]2C)cc1. The van der Waals surface area contributed by atoms with Crippen molar-refractivity contribution in [1.29, 1.82) is 0 Å². The van der Waals surface area contributed by atoms with Crippen molar-refractivity contribution in [3.8, 4) is 0 Å². The molecule has 1 aliphatic carbocycles. The van der Waals surface area contributed by atoms with Crippen LogP contribution in [0.4, 0.5) is 5.69 Å². The van der Waals surface area contributed by atoms with Crippen LogP contribution >= 0.6 is 0 Å². The van der Waals surface area contributed by atoms with Crippen molar-refractivity contribution in [3.63, 3.8) is 0 Å². The van der Waals surface area contributed by atoms with Gasteiger partial charge in [-0.2, -0.15) is 0 Å². The van der Waals surface area contributed by atoms with E-state index in [1.165, 1.54) is 0 Å². The number of carbonyl (C=O) groups excluding carboxylic acids is 2. The molecule has 2 atom stereocenters. The maximum atomic E-state index is 11.7. The van der Waals surface area contributed by atoms with E-state index in [0.717, 1.165) is 17.7 Å². The summed E-state index contributed by atoms with van der Waals surface area (Å²) in [5.41, 5.74) is 1.73. The van der Waals surface area contributed by atoms with Crippen LogP contribution in [0.2, 0.25) is 0 Å². The van der Waals surface area contributed by atoms with Crippen LogP contribution in [0.3, 0.4) is 0 Å². The third-order valence-electron chi connectivity index (χ3n) is 3.31. The summed E-state index contributed by atoms with van der Waals surface area (Å²) in [7, 11) is 1.62. The molecule has 0 aromatic heterocycles. The van der Waals surface area contributed by atoms with Crippen LogP contribution in [0.1, 0.15) is 18.9 Å². The first kappa shape index (κ1) is 12.6. The summed E-state index contributed by atoms with van der Waals surface area (Å²) in [6.07, 6.45) is 1.35. The molecule has 4 heteroatoms. The van der Waals surface area contributed by atoms with Gasteiger partial charge in [-0.25, -0.2) is 0 Å². The Morgan fingerprint density at radius 2 is 1.89 bits per heavy atom. The van der Waals surface area contributed by atoms with Crippen molar-refractivity contribution >= 4 is 17.5 Å². The van der Waals surface area contributed by atoms with Gasteiger partial charge in [0.2, 0.25) is 11.8 Å². The number of anilines is 1. The number of amides is 2. The van der Waals surface area contributed by atoms with Gasteiger partial charge in [0.15, 0.2) is 0 Å². The lowest BCUT2D eigenvalue weighted by molar-refractivity contribution is -0.120. The molecule has 0 radical (unpaired) electrons. The molecule has 0 unspecified atom stereocenters. The van der Waals surface area contributed by atoms with E-state index in [4.69, 9.17) is 0 Å². The monoisotopic (exact) mass is 246 g/mol. The summed E-state index contributed by atoms with van der Waals surface area (Å²) in [5, 5.41) is 5.47. The Morgan fingerprint density at radius 3 is 2.39 bits per heavy atom. The van der Waals surface area contributed by atoms with Gasteiger partial charge < -0.3 is 10.6 Å². The average molecular weight is 246 g/mol. The first-order chi connectivity index (χ1) is 8.60. The van der Waals surface area contributed by atoms with E-state index in [-0.39, 0.29) is 17.7 Å². The lowest BCUT2D eigenvalue weighted by Crippen LogP contribution is -2.20. The van der Waals surface area contributed by atoms with E-state index in [1.54, 1.807) is 7.05 Å². The van der Waals surface area contributed by atoms with Crippen molar-refractivity contribution in [3.05, 3.63) is 29.8 Å². The molecule has 1 fully saturated rings. The highest BCUT2D eigenvalue weighted by Gasteiger charge is 2.38. The topological polar surface area (TPSA) is 58.2 Å². The van der Waals surface area contributed by atoms with Gasteiger partial charge in [0.05, 0.1) is 6.42 Å². The number of hydrogen-bond donors (Lipinski definition) is 2. The van der Waals surface area contributed by atoms with Crippen molar-refractivity contribution in [1.82, 2.24) is 5.32 Å². The second-order valence-corrected chi connectivity index (χ2v) is 4.86. The number of likely N-dealkylation sites (N-methyl/N-ethyl adjacent to an activating group) is 1. The summed E-state index contributed by atoms with van der Waals surface area (Å²) >= 11 is 0. The first-order valence-electron chi connectivity index (χ1n) is 6.20. The smallest absolute Gasteiger partial charge is 0.227 e. The molecule has 2 N–H and O–H groups in total. The van der Waals surface area contributed by atoms with Crippen LogP contribution in [0.15, 0.2) is 24.3 Å². The molecule has 1 aromatic carbocycles. The minimum Gasteiger partial charge on any atom is -0.359 e. The second kappa shape index (κ2) is 5.21. The van der Waals surface area contributed by atoms with Gasteiger partial charge in [-0.1, -0.05) is 19.1 Å². The molecule has 0 spiro atoms. The Balaban J connectivity index is 1.91. The molecule has 1 aliphatic rings. The minimum absolute atomic E-state index is 0.0152. The Morgan fingerprint density at radius 1 is 1.28 bits per heavy atom. The predicted octanol–water partition coefficient (Wildman–Crippen LogP) is 1.57. The van der Waals surface area contributed by atoms with Crippen molar-refractivity contribution < 1.29 is 9.59 Å². The van der Waals surface area contributed by atoms with Crippen LogP contribution in [-0.4, -0.2) is 18.9 Å². The summed E-state index contributed by atoms with van der Waals surface area (Å²) in [6, 6.07) is 7.40. The van der Waals surface area contributed by atoms with Gasteiger partial charge in [-0.15, -0.1) is 0 Å². The van der Waals surface area contributed by atoms with Crippen LogP contribution in [0.25, 0.3) is 0 Å². The molecule has 18 heavy (non-hydrogen) atoms. The van der Waals surface area contributed by atoms with E-state index in [1.807, 2.05) is 24.3 Å². The van der Waals surface area contributed by atoms with E-state index >= 15 is 0 Å². The quantitative estimate of drug-likeness (QED) is 0.847. The highest BCUT2D eigenvalue weighted by atomic mass is 16.2. The Labute approximate surface area is 107 Å². The minimum atomic E-state index is -0.0152. The standard InChI is InChI=1S/C14H18N2O2/c1-9-7-12(9)14(18)16-11-5-3-10(4-6-11)8-13(17)15-2/h3-6,9,12H,7-8H2,1-2H3,(H,15,17)(H,16,18)/t9-,12-/m1/s1. The molecule has 2 rings (SSSR count). The third kappa shape index (κ3) is 3.09. The molecule has 0 bridgehead atoms. The predicted molar refractivity (Wildman–Crippen MR) is 70.1 cm³/mol. The molecule has 0 heterocycles. The summed E-state index contributed by atoms with van der Waals surface area (Å²) in [5.74, 6) is 0.771. The largest absolute Gasteiger partial charge is 0.359 e. The van der Waals surface area contributed by atoms with Crippen LogP contribution in [-0.2, 0) is 16.0 Å². The van der Waals surface area contributed by atoms with E-state index in [2.05, 4.69) is 17.6 Å². The van der Waals surface area contributed by atoms with Gasteiger partial charge in [0.25, 0.3) is 0 Å². The van der Waals surface area contributed by atoms with Crippen LogP contribution < -0.4 is 10.6 Å². The van der Waals surface area contributed by atoms with Gasteiger partial charge in [0.1, 0.15) is 0 Å². The van der Waals surface area contributed by atoms with Gasteiger partial charge >= 0.3 is 0 Å². The van der Waals surface area contributed by atoms with Crippen LogP contribution in [0, 0.1) is 11.8 Å². The number of nitrogens with one attached hydrogen (secondary N) is 2. The Hall–Kier alpha value is -1.84. The zero-order chi connectivity index (χ0) is 13.1. The lowest BCUT2D eigenvalue weighted by Gasteiger charge is -2.06. The van der Waals surface area contributed by atoms with Gasteiger partial charge in [-0.3, -0.25) is 9.59 Å². The fourth-order valence-corrected chi connectivity index (χ4v) is 1.90.